The normalized spacial score (nSPS) is 12.1. The summed E-state index contributed by atoms with van der Waals surface area (Å²) in [6, 6.07) is 0. The van der Waals surface area contributed by atoms with Crippen molar-refractivity contribution in [1.82, 2.24) is 14.4 Å². The summed E-state index contributed by atoms with van der Waals surface area (Å²) in [6.07, 6.45) is 5.22. The molecule has 2 N–H and O–H groups in total. The smallest absolute Gasteiger partial charge is 0.206 e. The van der Waals surface area contributed by atoms with Gasteiger partial charge in [0, 0.05) is 6.26 Å². The standard InChI is InChI=1S/C7H8N4O2S/c1-14(12,13)6-3-10-7(8)11-4-9-2-5(6)11/h2-4H,1H3,(H2,8,10). The topological polar surface area (TPSA) is 90.3 Å². The van der Waals surface area contributed by atoms with Crippen molar-refractivity contribution in [2.75, 3.05) is 12.0 Å². The van der Waals surface area contributed by atoms with Crippen molar-refractivity contribution < 1.29 is 8.42 Å². The second-order valence-electron chi connectivity index (χ2n) is 2.90. The fourth-order valence-corrected chi connectivity index (χ4v) is 1.97. The average Bonchev–Trinajstić information content (AvgIpc) is 2.50. The summed E-state index contributed by atoms with van der Waals surface area (Å²) in [4.78, 5) is 7.71. The third-order valence-electron chi connectivity index (χ3n) is 1.85. The molecule has 0 aliphatic carbocycles. The van der Waals surface area contributed by atoms with E-state index in [1.807, 2.05) is 0 Å². The average molecular weight is 212 g/mol. The number of sulfone groups is 1. The monoisotopic (exact) mass is 212 g/mol. The molecule has 2 aromatic heterocycles. The van der Waals surface area contributed by atoms with Crippen molar-refractivity contribution in [2.45, 2.75) is 4.90 Å². The summed E-state index contributed by atoms with van der Waals surface area (Å²) in [6.45, 7) is 0. The third kappa shape index (κ3) is 1.22. The number of hydrogen-bond acceptors (Lipinski definition) is 5. The highest BCUT2D eigenvalue weighted by Crippen LogP contribution is 2.17. The van der Waals surface area contributed by atoms with E-state index in [0.29, 0.717) is 5.52 Å². The van der Waals surface area contributed by atoms with Gasteiger partial charge in [-0.25, -0.2) is 18.4 Å². The second kappa shape index (κ2) is 2.68. The minimum atomic E-state index is -3.29. The molecule has 0 bridgehead atoms. The van der Waals surface area contributed by atoms with Gasteiger partial charge in [0.1, 0.15) is 11.2 Å². The van der Waals surface area contributed by atoms with E-state index in [9.17, 15) is 8.42 Å². The largest absolute Gasteiger partial charge is 0.369 e. The number of aromatic nitrogens is 3. The second-order valence-corrected chi connectivity index (χ2v) is 4.89. The van der Waals surface area contributed by atoms with E-state index in [0.717, 1.165) is 6.26 Å². The Kier molecular flexibility index (Phi) is 1.71. The van der Waals surface area contributed by atoms with Gasteiger partial charge in [0.15, 0.2) is 9.84 Å². The molecule has 0 aliphatic rings. The van der Waals surface area contributed by atoms with Crippen LogP contribution in [0.3, 0.4) is 0 Å². The van der Waals surface area contributed by atoms with Gasteiger partial charge in [0.25, 0.3) is 0 Å². The van der Waals surface area contributed by atoms with Gasteiger partial charge in [-0.15, -0.1) is 0 Å². The van der Waals surface area contributed by atoms with Crippen LogP contribution >= 0.6 is 0 Å². The predicted octanol–water partition coefficient (Wildman–Crippen LogP) is -0.285. The summed E-state index contributed by atoms with van der Waals surface area (Å²) < 4.78 is 24.1. The van der Waals surface area contributed by atoms with Crippen molar-refractivity contribution in [2.24, 2.45) is 0 Å². The number of hydrogen-bond donors (Lipinski definition) is 1. The Balaban J connectivity index is 2.93. The number of nitrogens with zero attached hydrogens (tertiary/aromatic N) is 3. The molecule has 7 heteroatoms. The van der Waals surface area contributed by atoms with Crippen molar-refractivity contribution in [3.05, 3.63) is 18.7 Å². The first-order chi connectivity index (χ1) is 6.50. The fraction of sp³-hybridized carbons (Fsp3) is 0.143. The number of nitrogen functional groups attached to an aromatic ring is 1. The predicted molar refractivity (Wildman–Crippen MR) is 50.5 cm³/mol. The summed E-state index contributed by atoms with van der Waals surface area (Å²) in [7, 11) is -3.29. The molecule has 0 spiro atoms. The molecule has 0 atom stereocenters. The van der Waals surface area contributed by atoms with Gasteiger partial charge in [0.05, 0.1) is 17.9 Å². The SMILES string of the molecule is CS(=O)(=O)c1cnc(N)n2cncc12. The first-order valence-electron chi connectivity index (χ1n) is 3.77. The summed E-state index contributed by atoms with van der Waals surface area (Å²) in [5.41, 5.74) is 5.97. The lowest BCUT2D eigenvalue weighted by Crippen LogP contribution is -2.05. The Labute approximate surface area is 80.3 Å². The molecule has 0 unspecified atom stereocenters. The highest BCUT2D eigenvalue weighted by atomic mass is 32.2. The molecule has 0 amide bonds. The van der Waals surface area contributed by atoms with Crippen LogP contribution in [0.5, 0.6) is 0 Å². The summed E-state index contributed by atoms with van der Waals surface area (Å²) in [5.74, 6) is 0.213. The number of imidazole rings is 1. The van der Waals surface area contributed by atoms with Crippen LogP contribution in [0.1, 0.15) is 0 Å². The van der Waals surface area contributed by atoms with Gasteiger partial charge in [-0.2, -0.15) is 0 Å². The molecule has 0 fully saturated rings. The maximum Gasteiger partial charge on any atom is 0.206 e. The van der Waals surface area contributed by atoms with E-state index in [1.54, 1.807) is 0 Å². The van der Waals surface area contributed by atoms with Crippen LogP contribution in [0.25, 0.3) is 5.52 Å². The zero-order chi connectivity index (χ0) is 10.3. The minimum absolute atomic E-state index is 0.129. The van der Waals surface area contributed by atoms with E-state index >= 15 is 0 Å². The number of nitrogens with two attached hydrogens (primary N) is 1. The van der Waals surface area contributed by atoms with Crippen LogP contribution < -0.4 is 5.73 Å². The van der Waals surface area contributed by atoms with Gasteiger partial charge in [0.2, 0.25) is 5.95 Å². The Morgan fingerprint density at radius 2 is 2.14 bits per heavy atom. The summed E-state index contributed by atoms with van der Waals surface area (Å²) >= 11 is 0. The maximum absolute atomic E-state index is 11.3. The molecule has 2 rings (SSSR count). The Morgan fingerprint density at radius 1 is 1.43 bits per heavy atom. The van der Waals surface area contributed by atoms with Crippen LogP contribution in [0.2, 0.25) is 0 Å². The molecular formula is C7H8N4O2S. The van der Waals surface area contributed by atoms with Crippen molar-refractivity contribution >= 4 is 21.3 Å². The fourth-order valence-electron chi connectivity index (χ4n) is 1.20. The van der Waals surface area contributed by atoms with Crippen LogP contribution in [-0.4, -0.2) is 29.0 Å². The molecular weight excluding hydrogens is 204 g/mol. The lowest BCUT2D eigenvalue weighted by molar-refractivity contribution is 0.602. The molecule has 0 aromatic carbocycles. The molecule has 14 heavy (non-hydrogen) atoms. The Bertz CT molecular complexity index is 587. The van der Waals surface area contributed by atoms with Crippen LogP contribution in [-0.2, 0) is 9.84 Å². The Hall–Kier alpha value is -1.63. The molecule has 2 heterocycles. The van der Waals surface area contributed by atoms with Gasteiger partial charge in [-0.1, -0.05) is 0 Å². The first kappa shape index (κ1) is 8.95. The lowest BCUT2D eigenvalue weighted by atomic mass is 10.5. The number of rotatable bonds is 1. The van der Waals surface area contributed by atoms with Crippen LogP contribution in [0, 0.1) is 0 Å². The third-order valence-corrected chi connectivity index (χ3v) is 2.96. The van der Waals surface area contributed by atoms with Crippen LogP contribution in [0.15, 0.2) is 23.6 Å². The van der Waals surface area contributed by atoms with E-state index in [4.69, 9.17) is 5.73 Å². The van der Waals surface area contributed by atoms with Gasteiger partial charge < -0.3 is 5.73 Å². The van der Waals surface area contributed by atoms with Gasteiger partial charge in [-0.05, 0) is 0 Å². The molecule has 2 aromatic rings. The van der Waals surface area contributed by atoms with E-state index in [1.165, 1.54) is 23.1 Å². The minimum Gasteiger partial charge on any atom is -0.369 e. The Morgan fingerprint density at radius 3 is 2.79 bits per heavy atom. The molecule has 0 saturated heterocycles. The lowest BCUT2D eigenvalue weighted by Gasteiger charge is -2.02. The van der Waals surface area contributed by atoms with Crippen molar-refractivity contribution in [3.63, 3.8) is 0 Å². The van der Waals surface area contributed by atoms with Crippen molar-refractivity contribution in [3.8, 4) is 0 Å². The first-order valence-corrected chi connectivity index (χ1v) is 5.66. The molecule has 0 aliphatic heterocycles. The highest BCUT2D eigenvalue weighted by Gasteiger charge is 2.14. The van der Waals surface area contributed by atoms with Gasteiger partial charge >= 0.3 is 0 Å². The summed E-state index contributed by atoms with van der Waals surface area (Å²) in [5, 5.41) is 0. The zero-order valence-electron chi connectivity index (χ0n) is 7.38. The quantitative estimate of drug-likeness (QED) is 0.701. The molecule has 6 nitrogen and oxygen atoms in total. The van der Waals surface area contributed by atoms with E-state index in [2.05, 4.69) is 9.97 Å². The molecule has 0 saturated carbocycles. The number of fused-ring (bicyclic) bond motifs is 1. The van der Waals surface area contributed by atoms with Crippen molar-refractivity contribution in [1.29, 1.82) is 0 Å². The van der Waals surface area contributed by atoms with E-state index < -0.39 is 9.84 Å². The highest BCUT2D eigenvalue weighted by molar-refractivity contribution is 7.91. The van der Waals surface area contributed by atoms with Crippen LogP contribution in [0.4, 0.5) is 5.95 Å². The van der Waals surface area contributed by atoms with E-state index in [-0.39, 0.29) is 10.8 Å². The molecule has 0 radical (unpaired) electrons. The molecule has 74 valence electrons. The van der Waals surface area contributed by atoms with Gasteiger partial charge in [-0.3, -0.25) is 4.40 Å². The number of anilines is 1. The zero-order valence-corrected chi connectivity index (χ0v) is 8.19. The maximum atomic E-state index is 11.3.